The van der Waals surface area contributed by atoms with E-state index in [4.69, 9.17) is 0 Å². The molecule has 2 rings (SSSR count). The fourth-order valence-electron chi connectivity index (χ4n) is 1.86. The molecule has 0 aliphatic carbocycles. The summed E-state index contributed by atoms with van der Waals surface area (Å²) in [6.45, 7) is 1.82. The lowest BCUT2D eigenvalue weighted by molar-refractivity contribution is 0.0961. The van der Waals surface area contributed by atoms with Crippen molar-refractivity contribution < 1.29 is 9.00 Å². The molecule has 2 unspecified atom stereocenters. The van der Waals surface area contributed by atoms with Crippen LogP contribution in [0.15, 0.2) is 29.3 Å². The number of Topliss-reactive ketones (excluding diaryl/α,β-unsaturated/α-hetero) is 1. The van der Waals surface area contributed by atoms with Gasteiger partial charge < -0.3 is 0 Å². The lowest BCUT2D eigenvalue weighted by Crippen LogP contribution is -2.30. The molecule has 0 saturated carbocycles. The molecule has 3 nitrogen and oxygen atoms in total. The van der Waals surface area contributed by atoms with Gasteiger partial charge in [0.05, 0.1) is 11.6 Å². The Morgan fingerprint density at radius 1 is 1.38 bits per heavy atom. The van der Waals surface area contributed by atoms with Crippen LogP contribution in [0.4, 0.5) is 5.69 Å². The molecule has 84 valence electrons. The highest BCUT2D eigenvalue weighted by molar-refractivity contribution is 7.84. The maximum absolute atomic E-state index is 12.1. The maximum Gasteiger partial charge on any atom is 0.174 e. The van der Waals surface area contributed by atoms with E-state index in [0.29, 0.717) is 11.3 Å². The maximum atomic E-state index is 12.1. The zero-order valence-corrected chi connectivity index (χ0v) is 10.1. The van der Waals surface area contributed by atoms with Crippen LogP contribution < -0.4 is 0 Å². The van der Waals surface area contributed by atoms with Crippen molar-refractivity contribution in [1.29, 1.82) is 0 Å². The Kier molecular flexibility index (Phi) is 3.01. The normalized spacial score (nSPS) is 21.2. The SMILES string of the molecule is CC1=Nc2ccccc2C(=O)C1CS(C)=O. The number of hydrogen-bond donors (Lipinski definition) is 0. The second-order valence-corrected chi connectivity index (χ2v) is 5.41. The van der Waals surface area contributed by atoms with E-state index < -0.39 is 10.8 Å². The van der Waals surface area contributed by atoms with Gasteiger partial charge >= 0.3 is 0 Å². The lowest BCUT2D eigenvalue weighted by atomic mass is 9.91. The third kappa shape index (κ3) is 1.97. The summed E-state index contributed by atoms with van der Waals surface area (Å²) < 4.78 is 11.2. The van der Waals surface area contributed by atoms with Crippen LogP contribution in [0.25, 0.3) is 0 Å². The first-order chi connectivity index (χ1) is 7.59. The van der Waals surface area contributed by atoms with Crippen LogP contribution in [0.5, 0.6) is 0 Å². The van der Waals surface area contributed by atoms with Gasteiger partial charge in [0.15, 0.2) is 5.78 Å². The number of carbonyl (C=O) groups is 1. The van der Waals surface area contributed by atoms with Gasteiger partial charge in [-0.25, -0.2) is 0 Å². The minimum atomic E-state index is -0.983. The summed E-state index contributed by atoms with van der Waals surface area (Å²) in [5, 5.41) is 0. The Hall–Kier alpha value is -1.29. The average Bonchev–Trinajstić information content (AvgIpc) is 2.24. The Balaban J connectivity index is 2.43. The summed E-state index contributed by atoms with van der Waals surface area (Å²) in [7, 11) is -0.983. The van der Waals surface area contributed by atoms with E-state index in [2.05, 4.69) is 4.99 Å². The molecule has 16 heavy (non-hydrogen) atoms. The lowest BCUT2D eigenvalue weighted by Gasteiger charge is -2.20. The van der Waals surface area contributed by atoms with Crippen molar-refractivity contribution >= 4 is 28.0 Å². The summed E-state index contributed by atoms with van der Waals surface area (Å²) in [6.07, 6.45) is 1.61. The van der Waals surface area contributed by atoms with Gasteiger partial charge in [-0.3, -0.25) is 14.0 Å². The van der Waals surface area contributed by atoms with Crippen LogP contribution in [0.2, 0.25) is 0 Å². The zero-order chi connectivity index (χ0) is 11.7. The van der Waals surface area contributed by atoms with Gasteiger partial charge in [-0.1, -0.05) is 12.1 Å². The molecule has 0 fully saturated rings. The molecule has 0 bridgehead atoms. The molecule has 1 aliphatic rings. The van der Waals surface area contributed by atoms with E-state index >= 15 is 0 Å². The number of para-hydroxylation sites is 1. The third-order valence-electron chi connectivity index (χ3n) is 2.69. The van der Waals surface area contributed by atoms with Crippen LogP contribution in [-0.2, 0) is 10.8 Å². The van der Waals surface area contributed by atoms with E-state index in [1.54, 1.807) is 12.3 Å². The highest BCUT2D eigenvalue weighted by Crippen LogP contribution is 2.28. The number of rotatable bonds is 2. The molecule has 1 heterocycles. The number of fused-ring (bicyclic) bond motifs is 1. The third-order valence-corrected chi connectivity index (χ3v) is 3.49. The minimum absolute atomic E-state index is 0.0401. The molecule has 2 atom stereocenters. The van der Waals surface area contributed by atoms with Crippen molar-refractivity contribution in [2.24, 2.45) is 10.9 Å². The fraction of sp³-hybridized carbons (Fsp3) is 0.333. The summed E-state index contributed by atoms with van der Waals surface area (Å²) in [5.74, 6) is 0.0849. The first-order valence-corrected chi connectivity index (χ1v) is 6.81. The van der Waals surface area contributed by atoms with Gasteiger partial charge in [0.25, 0.3) is 0 Å². The van der Waals surface area contributed by atoms with E-state index in [1.165, 1.54) is 0 Å². The van der Waals surface area contributed by atoms with E-state index in [1.807, 2.05) is 25.1 Å². The van der Waals surface area contributed by atoms with E-state index in [0.717, 1.165) is 11.4 Å². The monoisotopic (exact) mass is 235 g/mol. The number of ketones is 1. The highest BCUT2D eigenvalue weighted by atomic mass is 32.2. The number of nitrogens with zero attached hydrogens (tertiary/aromatic N) is 1. The predicted octanol–water partition coefficient (Wildman–Crippen LogP) is 1.97. The molecule has 4 heteroatoms. The van der Waals surface area contributed by atoms with Crippen molar-refractivity contribution in [3.05, 3.63) is 29.8 Å². The number of carbonyl (C=O) groups excluding carboxylic acids is 1. The van der Waals surface area contributed by atoms with Gasteiger partial charge in [0, 0.05) is 34.1 Å². The first-order valence-electron chi connectivity index (χ1n) is 5.08. The molecule has 0 saturated heterocycles. The smallest absolute Gasteiger partial charge is 0.174 e. The molecule has 1 aliphatic heterocycles. The van der Waals surface area contributed by atoms with Crippen LogP contribution in [0, 0.1) is 5.92 Å². The number of aliphatic imine (C=N–C) groups is 1. The van der Waals surface area contributed by atoms with Gasteiger partial charge in [0.1, 0.15) is 0 Å². The summed E-state index contributed by atoms with van der Waals surface area (Å²) in [5.41, 5.74) is 2.13. The highest BCUT2D eigenvalue weighted by Gasteiger charge is 2.29. The molecule has 0 radical (unpaired) electrons. The van der Waals surface area contributed by atoms with Crippen LogP contribution in [-0.4, -0.2) is 27.7 Å². The minimum Gasteiger partial charge on any atom is -0.293 e. The molecule has 1 aromatic rings. The Morgan fingerprint density at radius 2 is 2.06 bits per heavy atom. The van der Waals surface area contributed by atoms with Gasteiger partial charge in [-0.2, -0.15) is 0 Å². The number of hydrogen-bond acceptors (Lipinski definition) is 3. The molecule has 0 spiro atoms. The predicted molar refractivity (Wildman–Crippen MR) is 66.0 cm³/mol. The molecule has 0 N–H and O–H groups in total. The summed E-state index contributed by atoms with van der Waals surface area (Å²) in [6, 6.07) is 7.29. The fourth-order valence-corrected chi connectivity index (χ4v) is 2.72. The standard InChI is InChI=1S/C12H13NO2S/c1-8-10(7-16(2)15)12(14)9-5-3-4-6-11(9)13-8/h3-6,10H,7H2,1-2H3. The van der Waals surface area contributed by atoms with Crippen molar-refractivity contribution in [2.75, 3.05) is 12.0 Å². The Morgan fingerprint density at radius 3 is 2.75 bits per heavy atom. The van der Waals surface area contributed by atoms with Crippen LogP contribution >= 0.6 is 0 Å². The molecule has 0 aromatic heterocycles. The Labute approximate surface area is 97.0 Å². The number of benzene rings is 1. The topological polar surface area (TPSA) is 46.5 Å². The summed E-state index contributed by atoms with van der Waals surface area (Å²) in [4.78, 5) is 16.5. The van der Waals surface area contributed by atoms with Gasteiger partial charge in [-0.15, -0.1) is 0 Å². The largest absolute Gasteiger partial charge is 0.293 e. The van der Waals surface area contributed by atoms with Gasteiger partial charge in [0.2, 0.25) is 0 Å². The van der Waals surface area contributed by atoms with Crippen LogP contribution in [0.1, 0.15) is 17.3 Å². The van der Waals surface area contributed by atoms with Crippen molar-refractivity contribution in [3.63, 3.8) is 0 Å². The van der Waals surface area contributed by atoms with Crippen molar-refractivity contribution in [1.82, 2.24) is 0 Å². The van der Waals surface area contributed by atoms with E-state index in [-0.39, 0.29) is 11.7 Å². The van der Waals surface area contributed by atoms with Gasteiger partial charge in [-0.05, 0) is 19.1 Å². The Bertz CT molecular complexity index is 494. The molecular weight excluding hydrogens is 222 g/mol. The second kappa shape index (κ2) is 4.29. The average molecular weight is 235 g/mol. The molecule has 0 amide bonds. The van der Waals surface area contributed by atoms with E-state index in [9.17, 15) is 9.00 Å². The first kappa shape index (κ1) is 11.2. The van der Waals surface area contributed by atoms with Crippen LogP contribution in [0.3, 0.4) is 0 Å². The van der Waals surface area contributed by atoms with Crippen molar-refractivity contribution in [3.8, 4) is 0 Å². The summed E-state index contributed by atoms with van der Waals surface area (Å²) >= 11 is 0. The zero-order valence-electron chi connectivity index (χ0n) is 9.27. The molecular formula is C12H13NO2S. The quantitative estimate of drug-likeness (QED) is 0.786. The second-order valence-electron chi connectivity index (χ2n) is 3.93. The molecule has 1 aromatic carbocycles. The van der Waals surface area contributed by atoms with Crippen molar-refractivity contribution in [2.45, 2.75) is 6.92 Å².